The summed E-state index contributed by atoms with van der Waals surface area (Å²) in [6.45, 7) is 5.30. The topological polar surface area (TPSA) is 63.3 Å². The Labute approximate surface area is 194 Å². The van der Waals surface area contributed by atoms with E-state index in [1.165, 1.54) is 0 Å². The summed E-state index contributed by atoms with van der Waals surface area (Å²) in [6, 6.07) is 12.4. The molecule has 3 fully saturated rings. The minimum atomic E-state index is -0.313. The fourth-order valence-corrected chi connectivity index (χ4v) is 5.61. The maximum Gasteiger partial charge on any atom is 0.407 e. The zero-order chi connectivity index (χ0) is 22.4. The molecule has 3 saturated heterocycles. The first-order valence-electron chi connectivity index (χ1n) is 12.1. The smallest absolute Gasteiger partial charge is 0.407 e. The van der Waals surface area contributed by atoms with Gasteiger partial charge in [-0.1, -0.05) is 18.2 Å². The van der Waals surface area contributed by atoms with Crippen molar-refractivity contribution < 1.29 is 19.0 Å². The molecule has 0 aliphatic carbocycles. The average Bonchev–Trinajstić information content (AvgIpc) is 2.84. The van der Waals surface area contributed by atoms with Gasteiger partial charge in [-0.3, -0.25) is 4.90 Å². The van der Waals surface area contributed by atoms with Crippen molar-refractivity contribution in [1.29, 1.82) is 0 Å². The van der Waals surface area contributed by atoms with Crippen LogP contribution >= 0.6 is 0 Å². The van der Waals surface area contributed by atoms with Crippen LogP contribution in [0.3, 0.4) is 0 Å². The summed E-state index contributed by atoms with van der Waals surface area (Å²) in [5, 5.41) is 3.10. The Balaban J connectivity index is 1.17. The lowest BCUT2D eigenvalue weighted by Gasteiger charge is -2.44. The SMILES string of the molecule is CN1CCOc2cc(-c3ccc4c(c3)OCCC4NC(=O)O[C@H]3CN4CCC3CC4)ccc21. The molecule has 0 saturated carbocycles. The predicted octanol–water partition coefficient (Wildman–Crippen LogP) is 3.83. The van der Waals surface area contributed by atoms with Crippen LogP contribution in [0.2, 0.25) is 0 Å². The Bertz CT molecular complexity index is 1050. The number of carbonyl (C=O) groups excluding carboxylic acids is 1. The number of hydrogen-bond acceptors (Lipinski definition) is 6. The molecule has 5 aliphatic heterocycles. The van der Waals surface area contributed by atoms with Crippen LogP contribution in [0.25, 0.3) is 11.1 Å². The number of nitrogens with zero attached hydrogens (tertiary/aromatic N) is 2. The van der Waals surface area contributed by atoms with E-state index in [9.17, 15) is 4.79 Å². The number of rotatable bonds is 3. The van der Waals surface area contributed by atoms with Gasteiger partial charge in [0.2, 0.25) is 0 Å². The van der Waals surface area contributed by atoms with Crippen molar-refractivity contribution >= 4 is 11.8 Å². The van der Waals surface area contributed by atoms with Crippen LogP contribution in [0.15, 0.2) is 36.4 Å². The van der Waals surface area contributed by atoms with Crippen LogP contribution < -0.4 is 19.7 Å². The fourth-order valence-electron chi connectivity index (χ4n) is 5.61. The Morgan fingerprint density at radius 3 is 2.52 bits per heavy atom. The molecular weight excluding hydrogens is 418 g/mol. The van der Waals surface area contributed by atoms with Crippen molar-refractivity contribution in [2.24, 2.45) is 5.92 Å². The lowest BCUT2D eigenvalue weighted by atomic mass is 9.86. The molecule has 1 amide bonds. The molecule has 2 aromatic rings. The van der Waals surface area contributed by atoms with Gasteiger partial charge in [0.25, 0.3) is 0 Å². The molecule has 7 nitrogen and oxygen atoms in total. The standard InChI is InChI=1S/C26H31N3O4/c1-28-11-13-32-24-15-19(3-5-22(24)28)18-2-4-20-21(8-12-31-23(20)14-18)27-26(30)33-25-16-29-9-6-17(25)7-10-29/h2-5,14-15,17,21,25H,6-13,16H2,1H3,(H,27,30)/t21?,25-/m0/s1. The molecule has 7 heteroatoms. The van der Waals surface area contributed by atoms with Crippen LogP contribution in [0, 0.1) is 5.92 Å². The lowest BCUT2D eigenvalue weighted by Crippen LogP contribution is -2.52. The number of alkyl carbamates (subject to hydrolysis) is 1. The van der Waals surface area contributed by atoms with Gasteiger partial charge in [0, 0.05) is 25.6 Å². The summed E-state index contributed by atoms with van der Waals surface area (Å²) in [7, 11) is 2.09. The summed E-state index contributed by atoms with van der Waals surface area (Å²) in [5.41, 5.74) is 4.28. The van der Waals surface area contributed by atoms with Crippen LogP contribution in [0.5, 0.6) is 11.5 Å². The van der Waals surface area contributed by atoms with E-state index in [4.69, 9.17) is 14.2 Å². The number of fused-ring (bicyclic) bond motifs is 5. The number of benzene rings is 2. The first-order valence-corrected chi connectivity index (χ1v) is 12.1. The van der Waals surface area contributed by atoms with E-state index in [1.807, 2.05) is 0 Å². The van der Waals surface area contributed by atoms with E-state index in [2.05, 4.69) is 58.6 Å². The fraction of sp³-hybridized carbons (Fsp3) is 0.500. The van der Waals surface area contributed by atoms with Gasteiger partial charge in [-0.2, -0.15) is 0 Å². The van der Waals surface area contributed by atoms with Crippen LogP contribution in [-0.2, 0) is 4.74 Å². The molecule has 2 bridgehead atoms. The van der Waals surface area contributed by atoms with Crippen molar-refractivity contribution in [2.45, 2.75) is 31.4 Å². The van der Waals surface area contributed by atoms with Gasteiger partial charge in [0.15, 0.2) is 0 Å². The molecule has 5 aliphatic rings. The third kappa shape index (κ3) is 3.99. The van der Waals surface area contributed by atoms with E-state index < -0.39 is 0 Å². The van der Waals surface area contributed by atoms with E-state index in [0.29, 0.717) is 19.1 Å². The Kier molecular flexibility index (Phi) is 5.29. The summed E-state index contributed by atoms with van der Waals surface area (Å²) in [6.07, 6.45) is 2.70. The first-order chi connectivity index (χ1) is 16.1. The minimum absolute atomic E-state index is 0.0134. The Hall–Kier alpha value is -2.93. The molecule has 0 spiro atoms. The number of piperidine rings is 3. The van der Waals surface area contributed by atoms with Gasteiger partial charge >= 0.3 is 6.09 Å². The Morgan fingerprint density at radius 2 is 1.73 bits per heavy atom. The van der Waals surface area contributed by atoms with Crippen molar-refractivity contribution in [3.63, 3.8) is 0 Å². The molecule has 33 heavy (non-hydrogen) atoms. The highest BCUT2D eigenvalue weighted by molar-refractivity contribution is 5.74. The second-order valence-electron chi connectivity index (χ2n) is 9.62. The van der Waals surface area contributed by atoms with Crippen LogP contribution in [0.1, 0.15) is 30.9 Å². The number of nitrogens with one attached hydrogen (secondary N) is 1. The molecule has 174 valence electrons. The predicted molar refractivity (Wildman–Crippen MR) is 126 cm³/mol. The number of hydrogen-bond donors (Lipinski definition) is 1. The van der Waals surface area contributed by atoms with Crippen molar-refractivity contribution in [3.8, 4) is 22.6 Å². The number of anilines is 1. The summed E-state index contributed by atoms with van der Waals surface area (Å²) in [5.74, 6) is 2.24. The van der Waals surface area contributed by atoms with E-state index in [1.54, 1.807) is 0 Å². The molecule has 0 radical (unpaired) electrons. The van der Waals surface area contributed by atoms with E-state index in [-0.39, 0.29) is 18.2 Å². The quantitative estimate of drug-likeness (QED) is 0.769. The van der Waals surface area contributed by atoms with Gasteiger partial charge in [-0.05, 0) is 61.2 Å². The molecule has 0 aromatic heterocycles. The minimum Gasteiger partial charge on any atom is -0.493 e. The number of likely N-dealkylation sites (N-methyl/N-ethyl adjacent to an activating group) is 1. The molecule has 2 atom stereocenters. The van der Waals surface area contributed by atoms with Gasteiger partial charge in [0.1, 0.15) is 24.2 Å². The highest BCUT2D eigenvalue weighted by Gasteiger charge is 2.37. The van der Waals surface area contributed by atoms with Crippen LogP contribution in [-0.4, -0.2) is 63.5 Å². The lowest BCUT2D eigenvalue weighted by molar-refractivity contribution is -0.0342. The molecule has 1 N–H and O–H groups in total. The average molecular weight is 450 g/mol. The molecular formula is C26H31N3O4. The summed E-state index contributed by atoms with van der Waals surface area (Å²) < 4.78 is 17.7. The van der Waals surface area contributed by atoms with Crippen LogP contribution in [0.4, 0.5) is 10.5 Å². The maximum absolute atomic E-state index is 12.7. The van der Waals surface area contributed by atoms with Gasteiger partial charge in [-0.25, -0.2) is 4.79 Å². The monoisotopic (exact) mass is 449 g/mol. The van der Waals surface area contributed by atoms with Crippen molar-refractivity contribution in [2.75, 3.05) is 51.3 Å². The largest absolute Gasteiger partial charge is 0.493 e. The third-order valence-electron chi connectivity index (χ3n) is 7.59. The summed E-state index contributed by atoms with van der Waals surface area (Å²) in [4.78, 5) is 17.3. The number of ether oxygens (including phenoxy) is 3. The second-order valence-corrected chi connectivity index (χ2v) is 9.62. The zero-order valence-electron chi connectivity index (χ0n) is 19.1. The highest BCUT2D eigenvalue weighted by atomic mass is 16.6. The second kappa shape index (κ2) is 8.45. The summed E-state index contributed by atoms with van der Waals surface area (Å²) >= 11 is 0. The zero-order valence-corrected chi connectivity index (χ0v) is 19.1. The highest BCUT2D eigenvalue weighted by Crippen LogP contribution is 2.39. The Morgan fingerprint density at radius 1 is 0.970 bits per heavy atom. The maximum atomic E-state index is 12.7. The van der Waals surface area contributed by atoms with E-state index in [0.717, 1.165) is 79.3 Å². The van der Waals surface area contributed by atoms with Gasteiger partial charge in [-0.15, -0.1) is 0 Å². The number of carbonyl (C=O) groups is 1. The third-order valence-corrected chi connectivity index (χ3v) is 7.59. The van der Waals surface area contributed by atoms with Gasteiger partial charge < -0.3 is 24.4 Å². The molecule has 5 heterocycles. The van der Waals surface area contributed by atoms with E-state index >= 15 is 0 Å². The van der Waals surface area contributed by atoms with Crippen molar-refractivity contribution in [3.05, 3.63) is 42.0 Å². The molecule has 2 aromatic carbocycles. The normalized spacial score (nSPS) is 27.6. The molecule has 1 unspecified atom stereocenters. The number of amides is 1. The first kappa shape index (κ1) is 20.7. The van der Waals surface area contributed by atoms with Gasteiger partial charge in [0.05, 0.1) is 24.9 Å². The molecule has 7 rings (SSSR count). The van der Waals surface area contributed by atoms with Crippen molar-refractivity contribution in [1.82, 2.24) is 10.2 Å².